The van der Waals surface area contributed by atoms with Gasteiger partial charge in [0.05, 0.1) is 12.7 Å². The van der Waals surface area contributed by atoms with E-state index in [0.29, 0.717) is 17.1 Å². The number of halogens is 1. The van der Waals surface area contributed by atoms with E-state index in [0.717, 1.165) is 10.0 Å². The van der Waals surface area contributed by atoms with Crippen molar-refractivity contribution >= 4 is 33.8 Å². The van der Waals surface area contributed by atoms with Gasteiger partial charge in [-0.2, -0.15) is 0 Å². The minimum atomic E-state index is -0.753. The number of carbonyl (C=O) groups is 2. The first-order valence-corrected chi connectivity index (χ1v) is 8.35. The number of ether oxygens (including phenoxy) is 3. The SMILES string of the molecule is COC(=O)[C@@H](C)Oc1ccc2c(c1)OC(=Cc1cccc(Br)c1)C2=O. The number of hydrogen-bond donors (Lipinski definition) is 0. The van der Waals surface area contributed by atoms with Gasteiger partial charge in [0.2, 0.25) is 5.78 Å². The maximum Gasteiger partial charge on any atom is 0.346 e. The van der Waals surface area contributed by atoms with Crippen molar-refractivity contribution in [3.05, 3.63) is 63.8 Å². The summed E-state index contributed by atoms with van der Waals surface area (Å²) >= 11 is 3.40. The first-order chi connectivity index (χ1) is 12.0. The molecule has 0 N–H and O–H groups in total. The van der Waals surface area contributed by atoms with Gasteiger partial charge in [-0.3, -0.25) is 4.79 Å². The molecular weight excluding hydrogens is 388 g/mol. The normalized spacial score (nSPS) is 15.5. The molecule has 6 heteroatoms. The number of fused-ring (bicyclic) bond motifs is 1. The summed E-state index contributed by atoms with van der Waals surface area (Å²) in [6, 6.07) is 12.4. The van der Waals surface area contributed by atoms with E-state index in [1.165, 1.54) is 7.11 Å². The quantitative estimate of drug-likeness (QED) is 0.571. The third-order valence-electron chi connectivity index (χ3n) is 3.63. The van der Waals surface area contributed by atoms with Crippen molar-refractivity contribution in [3.63, 3.8) is 0 Å². The lowest BCUT2D eigenvalue weighted by molar-refractivity contribution is -0.147. The van der Waals surface area contributed by atoms with Crippen LogP contribution in [0.2, 0.25) is 0 Å². The molecule has 0 saturated carbocycles. The molecule has 0 spiro atoms. The van der Waals surface area contributed by atoms with E-state index in [4.69, 9.17) is 9.47 Å². The van der Waals surface area contributed by atoms with E-state index >= 15 is 0 Å². The molecule has 0 amide bonds. The first kappa shape index (κ1) is 17.2. The molecular formula is C19H15BrO5. The zero-order chi connectivity index (χ0) is 18.0. The summed E-state index contributed by atoms with van der Waals surface area (Å²) in [5, 5.41) is 0. The number of rotatable bonds is 4. The van der Waals surface area contributed by atoms with Crippen molar-refractivity contribution in [2.75, 3.05) is 7.11 Å². The number of allylic oxidation sites excluding steroid dienone is 1. The molecule has 0 aliphatic carbocycles. The first-order valence-electron chi connectivity index (χ1n) is 7.56. The lowest BCUT2D eigenvalue weighted by atomic mass is 10.1. The third kappa shape index (κ3) is 3.74. The van der Waals surface area contributed by atoms with Crippen LogP contribution < -0.4 is 9.47 Å². The number of methoxy groups -OCH3 is 1. The van der Waals surface area contributed by atoms with E-state index < -0.39 is 12.1 Å². The Hall–Kier alpha value is -2.60. The van der Waals surface area contributed by atoms with Crippen LogP contribution in [-0.2, 0) is 9.53 Å². The Bertz CT molecular complexity index is 872. The summed E-state index contributed by atoms with van der Waals surface area (Å²) in [5.41, 5.74) is 1.31. The molecule has 0 radical (unpaired) electrons. The maximum absolute atomic E-state index is 12.5. The number of hydrogen-bond acceptors (Lipinski definition) is 5. The predicted molar refractivity (Wildman–Crippen MR) is 95.6 cm³/mol. The van der Waals surface area contributed by atoms with Crippen molar-refractivity contribution < 1.29 is 23.8 Å². The minimum Gasteiger partial charge on any atom is -0.479 e. The maximum atomic E-state index is 12.5. The van der Waals surface area contributed by atoms with Gasteiger partial charge in [0.1, 0.15) is 11.5 Å². The molecule has 0 aromatic heterocycles. The number of Topliss-reactive ketones (excluding diaryl/α,β-unsaturated/α-hetero) is 1. The zero-order valence-corrected chi connectivity index (χ0v) is 15.2. The summed E-state index contributed by atoms with van der Waals surface area (Å²) in [5.74, 6) is 0.399. The van der Waals surface area contributed by atoms with Gasteiger partial charge in [-0.1, -0.05) is 28.1 Å². The van der Waals surface area contributed by atoms with Crippen LogP contribution in [0.4, 0.5) is 0 Å². The van der Waals surface area contributed by atoms with Gasteiger partial charge in [0.15, 0.2) is 11.9 Å². The van der Waals surface area contributed by atoms with Crippen molar-refractivity contribution in [3.8, 4) is 11.5 Å². The average molecular weight is 403 g/mol. The predicted octanol–water partition coefficient (Wildman–Crippen LogP) is 4.01. The van der Waals surface area contributed by atoms with Gasteiger partial charge in [-0.05, 0) is 42.8 Å². The molecule has 0 fully saturated rings. The van der Waals surface area contributed by atoms with E-state index in [9.17, 15) is 9.59 Å². The lowest BCUT2D eigenvalue weighted by Crippen LogP contribution is -2.24. The fourth-order valence-electron chi connectivity index (χ4n) is 2.41. The zero-order valence-electron chi connectivity index (χ0n) is 13.6. The van der Waals surface area contributed by atoms with Crippen LogP contribution in [-0.4, -0.2) is 25.0 Å². The lowest BCUT2D eigenvalue weighted by Gasteiger charge is -2.12. The average Bonchev–Trinajstić information content (AvgIpc) is 2.89. The molecule has 1 heterocycles. The summed E-state index contributed by atoms with van der Waals surface area (Å²) in [6.45, 7) is 1.59. The molecule has 0 saturated heterocycles. The molecule has 1 atom stereocenters. The molecule has 25 heavy (non-hydrogen) atoms. The van der Waals surface area contributed by atoms with E-state index in [1.807, 2.05) is 24.3 Å². The monoisotopic (exact) mass is 402 g/mol. The molecule has 2 aromatic carbocycles. The highest BCUT2D eigenvalue weighted by molar-refractivity contribution is 9.10. The second-order valence-electron chi connectivity index (χ2n) is 5.44. The Morgan fingerprint density at radius 3 is 2.76 bits per heavy atom. The van der Waals surface area contributed by atoms with Crippen molar-refractivity contribution in [2.45, 2.75) is 13.0 Å². The number of benzene rings is 2. The van der Waals surface area contributed by atoms with Gasteiger partial charge in [-0.15, -0.1) is 0 Å². The highest BCUT2D eigenvalue weighted by Gasteiger charge is 2.28. The highest BCUT2D eigenvalue weighted by atomic mass is 79.9. The standard InChI is InChI=1S/C19H15BrO5/c1-11(19(22)23-2)24-14-6-7-15-16(10-14)25-17(18(15)21)9-12-4-3-5-13(20)8-12/h3-11H,1-2H3/t11-/m1/s1. The van der Waals surface area contributed by atoms with Crippen LogP contribution >= 0.6 is 15.9 Å². The van der Waals surface area contributed by atoms with Crippen molar-refractivity contribution in [1.29, 1.82) is 0 Å². The summed E-state index contributed by atoms with van der Waals surface area (Å²) < 4.78 is 16.7. The molecule has 0 bridgehead atoms. The van der Waals surface area contributed by atoms with Crippen LogP contribution in [0.5, 0.6) is 11.5 Å². The molecule has 1 aliphatic heterocycles. The second-order valence-corrected chi connectivity index (χ2v) is 6.35. The van der Waals surface area contributed by atoms with Gasteiger partial charge >= 0.3 is 5.97 Å². The van der Waals surface area contributed by atoms with Gasteiger partial charge in [-0.25, -0.2) is 4.79 Å². The Kier molecular flexibility index (Phi) is 4.90. The van der Waals surface area contributed by atoms with E-state index in [2.05, 4.69) is 20.7 Å². The number of carbonyl (C=O) groups excluding carboxylic acids is 2. The van der Waals surface area contributed by atoms with Gasteiger partial charge in [0.25, 0.3) is 0 Å². The van der Waals surface area contributed by atoms with Crippen LogP contribution in [0.3, 0.4) is 0 Å². The Morgan fingerprint density at radius 2 is 2.04 bits per heavy atom. The summed E-state index contributed by atoms with van der Waals surface area (Å²) in [7, 11) is 1.30. The molecule has 1 aliphatic rings. The van der Waals surface area contributed by atoms with Crippen LogP contribution in [0, 0.1) is 0 Å². The Labute approximate surface area is 153 Å². The molecule has 5 nitrogen and oxygen atoms in total. The Balaban J connectivity index is 1.83. The molecule has 128 valence electrons. The van der Waals surface area contributed by atoms with Crippen LogP contribution in [0.25, 0.3) is 6.08 Å². The van der Waals surface area contributed by atoms with Crippen molar-refractivity contribution in [2.24, 2.45) is 0 Å². The molecule has 2 aromatic rings. The molecule has 3 rings (SSSR count). The smallest absolute Gasteiger partial charge is 0.346 e. The van der Waals surface area contributed by atoms with Gasteiger partial charge in [0, 0.05) is 10.5 Å². The largest absolute Gasteiger partial charge is 0.479 e. The second kappa shape index (κ2) is 7.11. The Morgan fingerprint density at radius 1 is 1.24 bits per heavy atom. The number of esters is 1. The fourth-order valence-corrected chi connectivity index (χ4v) is 2.82. The van der Waals surface area contributed by atoms with E-state index in [-0.39, 0.29) is 11.5 Å². The van der Waals surface area contributed by atoms with Gasteiger partial charge < -0.3 is 14.2 Å². The van der Waals surface area contributed by atoms with Crippen LogP contribution in [0.1, 0.15) is 22.8 Å². The van der Waals surface area contributed by atoms with Crippen LogP contribution in [0.15, 0.2) is 52.7 Å². The molecule has 0 unspecified atom stereocenters. The van der Waals surface area contributed by atoms with Crippen molar-refractivity contribution in [1.82, 2.24) is 0 Å². The highest BCUT2D eigenvalue weighted by Crippen LogP contribution is 2.35. The van der Waals surface area contributed by atoms with E-state index in [1.54, 1.807) is 31.2 Å². The third-order valence-corrected chi connectivity index (χ3v) is 4.13. The minimum absolute atomic E-state index is 0.192. The number of ketones is 1. The summed E-state index contributed by atoms with van der Waals surface area (Å²) in [6.07, 6.45) is 0.932. The topological polar surface area (TPSA) is 61.8 Å². The summed E-state index contributed by atoms with van der Waals surface area (Å²) in [4.78, 5) is 23.9. The fraction of sp³-hybridized carbons (Fsp3) is 0.158.